The molecule has 9 heteroatoms. The standard InChI is InChI=1S/C19H27F3N4O2/c1-2-12-10-16(19(20,21)22)26-17(23-12)11-13(24-26)14-6-3-4-8-25(14)18(27)15-7-5-9-28-15/h11-12,14-16,23H,2-10H2,1H3/t12-,14?,15?,16-/m1/s1. The number of carbonyl (C=O) groups excluding carboxylic acids is 1. The number of anilines is 1. The SMILES string of the molecule is CC[C@@H]1C[C@H](C(F)(F)F)n2nc(C3CCCCN3C(=O)C3CCCO3)cc2N1. The van der Waals surface area contributed by atoms with E-state index < -0.39 is 18.3 Å². The molecule has 1 aromatic heterocycles. The number of rotatable bonds is 3. The number of piperidine rings is 1. The number of nitrogens with zero attached hydrogens (tertiary/aromatic N) is 3. The maximum atomic E-state index is 13.6. The summed E-state index contributed by atoms with van der Waals surface area (Å²) in [6.45, 7) is 3.06. The lowest BCUT2D eigenvalue weighted by molar-refractivity contribution is -0.173. The van der Waals surface area contributed by atoms with Gasteiger partial charge in [0.2, 0.25) is 0 Å². The number of halogens is 3. The summed E-state index contributed by atoms with van der Waals surface area (Å²) < 4.78 is 47.5. The minimum absolute atomic E-state index is 0.0304. The molecule has 3 aliphatic rings. The van der Waals surface area contributed by atoms with Gasteiger partial charge in [0.1, 0.15) is 11.9 Å². The number of nitrogens with one attached hydrogen (secondary N) is 1. The van der Waals surface area contributed by atoms with Gasteiger partial charge in [-0.3, -0.25) is 4.79 Å². The van der Waals surface area contributed by atoms with Gasteiger partial charge in [0.05, 0.1) is 11.7 Å². The molecule has 0 saturated carbocycles. The van der Waals surface area contributed by atoms with Gasteiger partial charge in [-0.1, -0.05) is 6.92 Å². The maximum absolute atomic E-state index is 13.6. The summed E-state index contributed by atoms with van der Waals surface area (Å²) in [7, 11) is 0. The van der Waals surface area contributed by atoms with E-state index in [-0.39, 0.29) is 24.4 Å². The highest BCUT2D eigenvalue weighted by atomic mass is 19.4. The quantitative estimate of drug-likeness (QED) is 0.838. The Hall–Kier alpha value is -1.77. The first-order valence-corrected chi connectivity index (χ1v) is 10.2. The van der Waals surface area contributed by atoms with Crippen molar-refractivity contribution in [1.82, 2.24) is 14.7 Å². The molecule has 4 rings (SSSR count). The smallest absolute Gasteiger partial charge is 0.368 e. The topological polar surface area (TPSA) is 59.4 Å². The number of alkyl halides is 3. The lowest BCUT2D eigenvalue weighted by atomic mass is 9.98. The highest BCUT2D eigenvalue weighted by Crippen LogP contribution is 2.42. The van der Waals surface area contributed by atoms with Gasteiger partial charge in [-0.2, -0.15) is 18.3 Å². The van der Waals surface area contributed by atoms with Crippen LogP contribution in [0.3, 0.4) is 0 Å². The number of amides is 1. The van der Waals surface area contributed by atoms with Crippen LogP contribution in [-0.4, -0.2) is 52.1 Å². The molecule has 2 fully saturated rings. The van der Waals surface area contributed by atoms with Crippen LogP contribution in [0.4, 0.5) is 19.0 Å². The van der Waals surface area contributed by atoms with Gasteiger partial charge in [0, 0.05) is 25.3 Å². The number of hydrogen-bond acceptors (Lipinski definition) is 4. The van der Waals surface area contributed by atoms with Crippen LogP contribution in [0.1, 0.15) is 69.6 Å². The summed E-state index contributed by atoms with van der Waals surface area (Å²) in [5.74, 6) is 0.338. The Bertz CT molecular complexity index is 715. The average molecular weight is 400 g/mol. The normalized spacial score (nSPS) is 30.8. The van der Waals surface area contributed by atoms with Gasteiger partial charge in [-0.25, -0.2) is 4.68 Å². The summed E-state index contributed by atoms with van der Waals surface area (Å²) in [4.78, 5) is 14.7. The predicted octanol–water partition coefficient (Wildman–Crippen LogP) is 3.81. The van der Waals surface area contributed by atoms with Gasteiger partial charge in [0.25, 0.3) is 5.91 Å². The van der Waals surface area contributed by atoms with Gasteiger partial charge >= 0.3 is 6.18 Å². The van der Waals surface area contributed by atoms with E-state index in [0.717, 1.165) is 23.9 Å². The van der Waals surface area contributed by atoms with Crippen molar-refractivity contribution in [3.8, 4) is 0 Å². The second-order valence-corrected chi connectivity index (χ2v) is 7.99. The zero-order valence-electron chi connectivity index (χ0n) is 16.0. The Morgan fingerprint density at radius 3 is 2.82 bits per heavy atom. The lowest BCUT2D eigenvalue weighted by Crippen LogP contribution is -2.44. The van der Waals surface area contributed by atoms with Crippen molar-refractivity contribution in [2.45, 2.75) is 82.3 Å². The number of ether oxygens (including phenoxy) is 1. The fraction of sp³-hybridized carbons (Fsp3) is 0.789. The molecule has 3 aliphatic heterocycles. The van der Waals surface area contributed by atoms with Gasteiger partial charge < -0.3 is 15.0 Å². The van der Waals surface area contributed by atoms with E-state index in [9.17, 15) is 18.0 Å². The fourth-order valence-corrected chi connectivity index (χ4v) is 4.56. The monoisotopic (exact) mass is 400 g/mol. The molecule has 1 N–H and O–H groups in total. The molecule has 28 heavy (non-hydrogen) atoms. The van der Waals surface area contributed by atoms with E-state index in [1.165, 1.54) is 0 Å². The Labute approximate surface area is 162 Å². The first kappa shape index (κ1) is 19.5. The Kier molecular flexibility index (Phi) is 5.28. The molecular weight excluding hydrogens is 373 g/mol. The molecule has 0 aromatic carbocycles. The lowest BCUT2D eigenvalue weighted by Gasteiger charge is -2.36. The van der Waals surface area contributed by atoms with E-state index in [0.29, 0.717) is 43.9 Å². The fourth-order valence-electron chi connectivity index (χ4n) is 4.56. The van der Waals surface area contributed by atoms with Crippen LogP contribution in [0.5, 0.6) is 0 Å². The third kappa shape index (κ3) is 3.60. The third-order valence-electron chi connectivity index (χ3n) is 6.11. The molecule has 156 valence electrons. The summed E-state index contributed by atoms with van der Waals surface area (Å²) in [5.41, 5.74) is 0.541. The maximum Gasteiger partial charge on any atom is 0.410 e. The van der Waals surface area contributed by atoms with Gasteiger partial charge in [-0.15, -0.1) is 0 Å². The van der Waals surface area contributed by atoms with Crippen molar-refractivity contribution in [2.75, 3.05) is 18.5 Å². The van der Waals surface area contributed by atoms with Crippen molar-refractivity contribution in [2.24, 2.45) is 0 Å². The molecular formula is C19H27F3N4O2. The zero-order chi connectivity index (χ0) is 19.9. The van der Waals surface area contributed by atoms with Crippen molar-refractivity contribution in [3.63, 3.8) is 0 Å². The second-order valence-electron chi connectivity index (χ2n) is 7.99. The number of likely N-dealkylation sites (tertiary alicyclic amines) is 1. The molecule has 0 bridgehead atoms. The Morgan fingerprint density at radius 2 is 2.14 bits per heavy atom. The summed E-state index contributed by atoms with van der Waals surface area (Å²) in [6, 6.07) is -0.459. The van der Waals surface area contributed by atoms with E-state index in [1.807, 2.05) is 6.92 Å². The summed E-state index contributed by atoms with van der Waals surface area (Å²) in [5, 5.41) is 7.53. The van der Waals surface area contributed by atoms with Crippen LogP contribution in [0.15, 0.2) is 6.07 Å². The van der Waals surface area contributed by atoms with E-state index in [4.69, 9.17) is 4.74 Å². The summed E-state index contributed by atoms with van der Waals surface area (Å²) in [6.07, 6.45) is -0.0998. The minimum Gasteiger partial charge on any atom is -0.368 e. The molecule has 2 saturated heterocycles. The number of carbonyl (C=O) groups is 1. The summed E-state index contributed by atoms with van der Waals surface area (Å²) >= 11 is 0. The van der Waals surface area contributed by atoms with E-state index >= 15 is 0 Å². The zero-order valence-corrected chi connectivity index (χ0v) is 16.0. The van der Waals surface area contributed by atoms with Crippen LogP contribution in [0.2, 0.25) is 0 Å². The van der Waals surface area contributed by atoms with Gasteiger partial charge in [-0.05, 0) is 44.9 Å². The predicted molar refractivity (Wildman–Crippen MR) is 96.9 cm³/mol. The molecule has 4 atom stereocenters. The molecule has 0 aliphatic carbocycles. The highest BCUT2D eigenvalue weighted by molar-refractivity contribution is 5.81. The average Bonchev–Trinajstić information content (AvgIpc) is 3.35. The van der Waals surface area contributed by atoms with Crippen molar-refractivity contribution >= 4 is 11.7 Å². The van der Waals surface area contributed by atoms with E-state index in [1.54, 1.807) is 11.0 Å². The van der Waals surface area contributed by atoms with Gasteiger partial charge in [0.15, 0.2) is 6.04 Å². The number of aromatic nitrogens is 2. The molecule has 6 nitrogen and oxygen atoms in total. The van der Waals surface area contributed by atoms with Crippen LogP contribution < -0.4 is 5.32 Å². The number of fused-ring (bicyclic) bond motifs is 1. The molecule has 4 heterocycles. The molecule has 0 radical (unpaired) electrons. The second kappa shape index (κ2) is 7.57. The number of hydrogen-bond donors (Lipinski definition) is 1. The molecule has 1 aromatic rings. The molecule has 1 amide bonds. The highest BCUT2D eigenvalue weighted by Gasteiger charge is 2.46. The van der Waals surface area contributed by atoms with Crippen LogP contribution in [-0.2, 0) is 9.53 Å². The van der Waals surface area contributed by atoms with Crippen molar-refractivity contribution < 1.29 is 22.7 Å². The van der Waals surface area contributed by atoms with E-state index in [2.05, 4.69) is 10.4 Å². The van der Waals surface area contributed by atoms with Crippen LogP contribution in [0, 0.1) is 0 Å². The molecule has 0 spiro atoms. The third-order valence-corrected chi connectivity index (χ3v) is 6.11. The first-order valence-electron chi connectivity index (χ1n) is 10.2. The van der Waals surface area contributed by atoms with Crippen LogP contribution in [0.25, 0.3) is 0 Å². The Morgan fingerprint density at radius 1 is 1.32 bits per heavy atom. The first-order chi connectivity index (χ1) is 13.4. The Balaban J connectivity index is 1.63. The minimum atomic E-state index is -4.35. The van der Waals surface area contributed by atoms with Crippen LogP contribution >= 0.6 is 0 Å². The largest absolute Gasteiger partial charge is 0.410 e. The molecule has 2 unspecified atom stereocenters. The van der Waals surface area contributed by atoms with Crippen molar-refractivity contribution in [3.05, 3.63) is 11.8 Å². The van der Waals surface area contributed by atoms with Crippen molar-refractivity contribution in [1.29, 1.82) is 0 Å².